The van der Waals surface area contributed by atoms with Crippen molar-refractivity contribution < 1.29 is 17.9 Å². The number of hydrogen-bond acceptors (Lipinski definition) is 5. The molecule has 0 saturated heterocycles. The van der Waals surface area contributed by atoms with Crippen LogP contribution >= 0.6 is 0 Å². The summed E-state index contributed by atoms with van der Waals surface area (Å²) in [6.07, 6.45) is -0.142. The van der Waals surface area contributed by atoms with Crippen LogP contribution in [0.4, 0.5) is 0 Å². The van der Waals surface area contributed by atoms with E-state index in [0.29, 0.717) is 0 Å². The number of ether oxygens (including phenoxy) is 1. The minimum Gasteiger partial charge on any atom is -0.459 e. The fraction of sp³-hybridized carbons (Fsp3) is 0.385. The summed E-state index contributed by atoms with van der Waals surface area (Å²) in [5, 5.41) is 8.37. The zero-order valence-corrected chi connectivity index (χ0v) is 12.1. The van der Waals surface area contributed by atoms with Crippen molar-refractivity contribution in [2.75, 3.05) is 6.54 Å². The number of nitrogens with one attached hydrogen (secondary N) is 1. The van der Waals surface area contributed by atoms with Crippen molar-refractivity contribution in [1.29, 1.82) is 5.26 Å². The molecule has 1 N–H and O–H groups in total. The van der Waals surface area contributed by atoms with Crippen molar-refractivity contribution in [1.82, 2.24) is 4.72 Å². The summed E-state index contributed by atoms with van der Waals surface area (Å²) >= 11 is 0. The lowest BCUT2D eigenvalue weighted by molar-refractivity contribution is 0.0378. The van der Waals surface area contributed by atoms with Gasteiger partial charge in [-0.05, 0) is 38.1 Å². The molecule has 0 bridgehead atoms. The summed E-state index contributed by atoms with van der Waals surface area (Å²) in [6, 6.07) is 7.28. The van der Waals surface area contributed by atoms with E-state index in [9.17, 15) is 13.2 Å². The van der Waals surface area contributed by atoms with E-state index in [1.54, 1.807) is 13.8 Å². The van der Waals surface area contributed by atoms with E-state index in [1.807, 2.05) is 6.07 Å². The van der Waals surface area contributed by atoms with Gasteiger partial charge in [0.1, 0.15) is 0 Å². The van der Waals surface area contributed by atoms with Gasteiger partial charge in [-0.1, -0.05) is 0 Å². The average Bonchev–Trinajstić information content (AvgIpc) is 2.38. The molecule has 6 nitrogen and oxygen atoms in total. The number of carbonyl (C=O) groups is 1. The molecule has 1 rings (SSSR count). The van der Waals surface area contributed by atoms with Crippen LogP contribution in [0.2, 0.25) is 0 Å². The SMILES string of the molecule is CC(C)OC(=O)c1ccc(S(=O)(=O)NCCC#N)cc1. The average molecular weight is 296 g/mol. The number of benzene rings is 1. The summed E-state index contributed by atoms with van der Waals surface area (Å²) in [7, 11) is -3.65. The molecule has 0 unspecified atom stereocenters. The summed E-state index contributed by atoms with van der Waals surface area (Å²) in [5.74, 6) is -0.499. The van der Waals surface area contributed by atoms with Gasteiger partial charge in [-0.15, -0.1) is 0 Å². The van der Waals surface area contributed by atoms with Gasteiger partial charge in [0.05, 0.1) is 22.6 Å². The van der Waals surface area contributed by atoms with E-state index in [2.05, 4.69) is 4.72 Å². The molecule has 0 aliphatic carbocycles. The predicted molar refractivity (Wildman–Crippen MR) is 72.4 cm³/mol. The van der Waals surface area contributed by atoms with Gasteiger partial charge in [0.2, 0.25) is 10.0 Å². The first-order valence-corrected chi connectivity index (χ1v) is 7.53. The molecular formula is C13H16N2O4S. The number of nitriles is 1. The molecule has 20 heavy (non-hydrogen) atoms. The van der Waals surface area contributed by atoms with E-state index in [1.165, 1.54) is 24.3 Å². The van der Waals surface area contributed by atoms with Crippen LogP contribution in [-0.2, 0) is 14.8 Å². The van der Waals surface area contributed by atoms with Crippen LogP contribution in [-0.4, -0.2) is 27.0 Å². The van der Waals surface area contributed by atoms with Crippen LogP contribution in [0.1, 0.15) is 30.6 Å². The molecule has 0 saturated carbocycles. The second-order valence-corrected chi connectivity index (χ2v) is 6.05. The van der Waals surface area contributed by atoms with Gasteiger partial charge < -0.3 is 4.74 Å². The van der Waals surface area contributed by atoms with Gasteiger partial charge in [-0.2, -0.15) is 5.26 Å². The summed E-state index contributed by atoms with van der Waals surface area (Å²) < 4.78 is 31.0. The molecule has 0 atom stereocenters. The zero-order chi connectivity index (χ0) is 15.2. The Balaban J connectivity index is 2.81. The Morgan fingerprint density at radius 1 is 1.35 bits per heavy atom. The number of nitrogens with zero attached hydrogens (tertiary/aromatic N) is 1. The maximum Gasteiger partial charge on any atom is 0.338 e. The summed E-state index contributed by atoms with van der Waals surface area (Å²) in [6.45, 7) is 3.52. The van der Waals surface area contributed by atoms with Crippen LogP contribution in [0.15, 0.2) is 29.2 Å². The Hall–Kier alpha value is -1.91. The first-order chi connectivity index (χ1) is 9.36. The highest BCUT2D eigenvalue weighted by Gasteiger charge is 2.15. The van der Waals surface area contributed by atoms with Gasteiger partial charge in [0.15, 0.2) is 0 Å². The Labute approximate surface area is 118 Å². The molecule has 0 aromatic heterocycles. The van der Waals surface area contributed by atoms with E-state index in [0.717, 1.165) is 0 Å². The molecule has 0 aliphatic rings. The summed E-state index contributed by atoms with van der Waals surface area (Å²) in [4.78, 5) is 11.6. The van der Waals surface area contributed by atoms with Crippen LogP contribution in [0, 0.1) is 11.3 Å². The third-order valence-corrected chi connectivity index (χ3v) is 3.75. The number of rotatable bonds is 6. The Morgan fingerprint density at radius 3 is 2.45 bits per heavy atom. The summed E-state index contributed by atoms with van der Waals surface area (Å²) in [5.41, 5.74) is 0.287. The van der Waals surface area contributed by atoms with E-state index >= 15 is 0 Å². The molecule has 7 heteroatoms. The molecule has 0 spiro atoms. The minimum atomic E-state index is -3.65. The second kappa shape index (κ2) is 7.03. The second-order valence-electron chi connectivity index (χ2n) is 4.28. The molecule has 0 fully saturated rings. The molecule has 1 aromatic carbocycles. The van der Waals surface area contributed by atoms with Crippen molar-refractivity contribution in [3.8, 4) is 6.07 Å². The third kappa shape index (κ3) is 4.64. The van der Waals surface area contributed by atoms with Gasteiger partial charge >= 0.3 is 5.97 Å². The van der Waals surface area contributed by atoms with Crippen LogP contribution in [0.5, 0.6) is 0 Å². The van der Waals surface area contributed by atoms with Gasteiger partial charge in [-0.3, -0.25) is 0 Å². The van der Waals surface area contributed by atoms with Crippen LogP contribution in [0.3, 0.4) is 0 Å². The molecular weight excluding hydrogens is 280 g/mol. The largest absolute Gasteiger partial charge is 0.459 e. The predicted octanol–water partition coefficient (Wildman–Crippen LogP) is 1.44. The number of sulfonamides is 1. The van der Waals surface area contributed by atoms with Crippen molar-refractivity contribution in [2.45, 2.75) is 31.3 Å². The zero-order valence-electron chi connectivity index (χ0n) is 11.3. The highest BCUT2D eigenvalue weighted by molar-refractivity contribution is 7.89. The fourth-order valence-corrected chi connectivity index (χ4v) is 2.41. The molecule has 0 radical (unpaired) electrons. The van der Waals surface area contributed by atoms with Crippen molar-refractivity contribution in [2.24, 2.45) is 0 Å². The highest BCUT2D eigenvalue weighted by atomic mass is 32.2. The monoisotopic (exact) mass is 296 g/mol. The minimum absolute atomic E-state index is 0.0385. The van der Waals surface area contributed by atoms with Gasteiger partial charge in [0, 0.05) is 13.0 Å². The van der Waals surface area contributed by atoms with Gasteiger partial charge in [0.25, 0.3) is 0 Å². The van der Waals surface area contributed by atoms with Crippen LogP contribution in [0.25, 0.3) is 0 Å². The third-order valence-electron chi connectivity index (χ3n) is 2.27. The Morgan fingerprint density at radius 2 is 1.95 bits per heavy atom. The van der Waals surface area contributed by atoms with Gasteiger partial charge in [-0.25, -0.2) is 17.9 Å². The smallest absolute Gasteiger partial charge is 0.338 e. The number of hydrogen-bond donors (Lipinski definition) is 1. The Kier molecular flexibility index (Phi) is 5.67. The molecule has 108 valence electrons. The first kappa shape index (κ1) is 16.1. The van der Waals surface area contributed by atoms with Crippen molar-refractivity contribution in [3.63, 3.8) is 0 Å². The van der Waals surface area contributed by atoms with Crippen molar-refractivity contribution >= 4 is 16.0 Å². The van der Waals surface area contributed by atoms with Crippen LogP contribution < -0.4 is 4.72 Å². The molecule has 1 aromatic rings. The lowest BCUT2D eigenvalue weighted by Gasteiger charge is -2.09. The first-order valence-electron chi connectivity index (χ1n) is 6.04. The van der Waals surface area contributed by atoms with Crippen molar-refractivity contribution in [3.05, 3.63) is 29.8 Å². The number of esters is 1. The molecule has 0 amide bonds. The quantitative estimate of drug-likeness (QED) is 0.633. The molecule has 0 heterocycles. The highest BCUT2D eigenvalue weighted by Crippen LogP contribution is 2.12. The van der Waals surface area contributed by atoms with E-state index < -0.39 is 16.0 Å². The van der Waals surface area contributed by atoms with E-state index in [-0.39, 0.29) is 29.5 Å². The normalized spacial score (nSPS) is 11.1. The lowest BCUT2D eigenvalue weighted by atomic mass is 10.2. The maximum absolute atomic E-state index is 11.8. The fourth-order valence-electron chi connectivity index (χ4n) is 1.38. The lowest BCUT2D eigenvalue weighted by Crippen LogP contribution is -2.24. The maximum atomic E-state index is 11.8. The number of carbonyl (C=O) groups excluding carboxylic acids is 1. The van der Waals surface area contributed by atoms with E-state index in [4.69, 9.17) is 10.00 Å². The topological polar surface area (TPSA) is 96.3 Å². The molecule has 0 aliphatic heterocycles. The Bertz CT molecular complexity index is 600. The standard InChI is InChI=1S/C13H16N2O4S/c1-10(2)19-13(16)11-4-6-12(7-5-11)20(17,18)15-9-3-8-14/h4-7,10,15H,3,9H2,1-2H3.